The fourth-order valence-electron chi connectivity index (χ4n) is 1.87. The largest absolute Gasteiger partial charge is 0.534 e. The van der Waals surface area contributed by atoms with Crippen molar-refractivity contribution in [3.8, 4) is 0 Å². The first-order valence-corrected chi connectivity index (χ1v) is 10.0. The summed E-state index contributed by atoms with van der Waals surface area (Å²) in [6.45, 7) is 3.61. The quantitative estimate of drug-likeness (QED) is 0.127. The minimum Gasteiger partial charge on any atom is -0.380 e. The molecule has 0 aliphatic carbocycles. The summed E-state index contributed by atoms with van der Waals surface area (Å²) in [4.78, 5) is -0.509. The molecule has 0 aliphatic heterocycles. The van der Waals surface area contributed by atoms with E-state index in [1.54, 1.807) is 6.92 Å². The number of allylic oxidation sites excluding steroid dienone is 2. The molecule has 0 aliphatic rings. The van der Waals surface area contributed by atoms with Gasteiger partial charge in [-0.1, -0.05) is 39.5 Å². The van der Waals surface area contributed by atoms with Crippen molar-refractivity contribution < 1.29 is 38.9 Å². The normalized spacial score (nSPS) is 14.4. The van der Waals surface area contributed by atoms with E-state index < -0.39 is 43.6 Å². The molecule has 3 nitrogen and oxygen atoms in total. The second kappa shape index (κ2) is 10.5. The lowest BCUT2D eigenvalue weighted by atomic mass is 10.1. The van der Waals surface area contributed by atoms with Crippen LogP contribution in [0.1, 0.15) is 65.2 Å². The van der Waals surface area contributed by atoms with Gasteiger partial charge in [0.25, 0.3) is 0 Å². The molecule has 0 radical (unpaired) electrons. The Kier molecular flexibility index (Phi) is 10.3. The van der Waals surface area contributed by atoms with Gasteiger partial charge >= 0.3 is 21.1 Å². The van der Waals surface area contributed by atoms with Crippen molar-refractivity contribution in [2.24, 2.45) is 0 Å². The summed E-state index contributed by atoms with van der Waals surface area (Å²) < 4.78 is 102. The van der Waals surface area contributed by atoms with E-state index in [2.05, 4.69) is 4.18 Å². The van der Waals surface area contributed by atoms with E-state index in [4.69, 9.17) is 0 Å². The average Bonchev–Trinajstić information content (AvgIpc) is 2.43. The zero-order valence-electron chi connectivity index (χ0n) is 14.0. The first kappa shape index (κ1) is 24.4. The third-order valence-electron chi connectivity index (χ3n) is 3.06. The van der Waals surface area contributed by atoms with E-state index in [9.17, 15) is 34.8 Å². The average molecular weight is 416 g/mol. The molecular formula is C14H22F6O3S2. The van der Waals surface area contributed by atoms with E-state index in [0.29, 0.717) is 32.1 Å². The molecule has 0 aromatic rings. The summed E-state index contributed by atoms with van der Waals surface area (Å²) in [6.07, 6.45) is 2.48. The van der Waals surface area contributed by atoms with Crippen molar-refractivity contribution >= 4 is 21.9 Å². The Hall–Kier alpha value is -0.580. The van der Waals surface area contributed by atoms with Gasteiger partial charge in [0, 0.05) is 11.3 Å². The van der Waals surface area contributed by atoms with Gasteiger partial charge in [-0.15, -0.1) is 0 Å². The van der Waals surface area contributed by atoms with E-state index in [-0.39, 0.29) is 19.3 Å². The SMILES string of the molecule is CCCCC/C(OS(=O)(=O)C(F)(F)F)=C(/CCCCC)SC(F)(F)F. The summed E-state index contributed by atoms with van der Waals surface area (Å²) in [6, 6.07) is 0. The van der Waals surface area contributed by atoms with E-state index in [0.717, 1.165) is 0 Å². The van der Waals surface area contributed by atoms with E-state index in [1.807, 2.05) is 6.92 Å². The number of hydrogen-bond acceptors (Lipinski definition) is 4. The minimum atomic E-state index is -6.00. The molecule has 0 aromatic heterocycles. The molecule has 150 valence electrons. The van der Waals surface area contributed by atoms with Crippen LogP contribution in [0, 0.1) is 0 Å². The third kappa shape index (κ3) is 10.2. The van der Waals surface area contributed by atoms with E-state index >= 15 is 0 Å². The predicted octanol–water partition coefficient (Wildman–Crippen LogP) is 6.48. The first-order chi connectivity index (χ1) is 11.3. The Morgan fingerprint density at radius 3 is 1.76 bits per heavy atom. The van der Waals surface area contributed by atoms with Crippen LogP contribution in [0.4, 0.5) is 26.3 Å². The van der Waals surface area contributed by atoms with E-state index in [1.165, 1.54) is 0 Å². The third-order valence-corrected chi connectivity index (χ3v) is 4.96. The van der Waals surface area contributed by atoms with Gasteiger partial charge in [0.1, 0.15) is 5.76 Å². The van der Waals surface area contributed by atoms with Gasteiger partial charge in [-0.25, -0.2) is 0 Å². The van der Waals surface area contributed by atoms with Gasteiger partial charge in [0.2, 0.25) is 0 Å². The molecule has 11 heteroatoms. The summed E-state index contributed by atoms with van der Waals surface area (Å²) in [7, 11) is -6.00. The lowest BCUT2D eigenvalue weighted by Crippen LogP contribution is -2.25. The highest BCUT2D eigenvalue weighted by Crippen LogP contribution is 2.42. The van der Waals surface area contributed by atoms with Gasteiger partial charge in [0.15, 0.2) is 0 Å². The molecule has 0 aromatic carbocycles. The van der Waals surface area contributed by atoms with Crippen LogP contribution in [0.5, 0.6) is 0 Å². The van der Waals surface area contributed by atoms with Crippen LogP contribution in [0.3, 0.4) is 0 Å². The van der Waals surface area contributed by atoms with Gasteiger partial charge in [-0.3, -0.25) is 0 Å². The number of alkyl halides is 6. The standard InChI is InChI=1S/C14H22F6O3S2/c1-3-5-7-9-11(23-25(21,22)14(18,19)20)12(10-8-6-4-2)24-13(15,16)17/h3-10H2,1-2H3/b12-11+. The van der Waals surface area contributed by atoms with Gasteiger partial charge < -0.3 is 4.18 Å². The smallest absolute Gasteiger partial charge is 0.380 e. The highest BCUT2D eigenvalue weighted by atomic mass is 32.2. The summed E-state index contributed by atoms with van der Waals surface area (Å²) in [5, 5.41) is 0. The van der Waals surface area contributed by atoms with Crippen molar-refractivity contribution in [1.29, 1.82) is 0 Å². The van der Waals surface area contributed by atoms with Crippen LogP contribution in [-0.4, -0.2) is 19.4 Å². The number of rotatable bonds is 11. The van der Waals surface area contributed by atoms with Crippen LogP contribution in [0.15, 0.2) is 10.7 Å². The number of thioether (sulfide) groups is 1. The topological polar surface area (TPSA) is 43.4 Å². The Morgan fingerprint density at radius 2 is 1.36 bits per heavy atom. The van der Waals surface area contributed by atoms with Crippen molar-refractivity contribution in [3.05, 3.63) is 10.7 Å². The van der Waals surface area contributed by atoms with Crippen LogP contribution in [0.25, 0.3) is 0 Å². The molecule has 0 rings (SSSR count). The number of hydrogen-bond donors (Lipinski definition) is 0. The molecule has 0 N–H and O–H groups in total. The Balaban J connectivity index is 5.70. The first-order valence-electron chi connectivity index (χ1n) is 7.82. The summed E-state index contributed by atoms with van der Waals surface area (Å²) in [5.41, 5.74) is -10.4. The minimum absolute atomic E-state index is 0.188. The fourth-order valence-corrected chi connectivity index (χ4v) is 3.24. The molecule has 0 unspecified atom stereocenters. The Morgan fingerprint density at radius 1 is 0.880 bits per heavy atom. The molecule has 0 amide bonds. The summed E-state index contributed by atoms with van der Waals surface area (Å²) in [5.74, 6) is -0.760. The monoisotopic (exact) mass is 416 g/mol. The van der Waals surface area contributed by atoms with Gasteiger partial charge in [-0.2, -0.15) is 34.8 Å². The van der Waals surface area contributed by atoms with Crippen LogP contribution >= 0.6 is 11.8 Å². The van der Waals surface area contributed by atoms with Crippen LogP contribution < -0.4 is 0 Å². The highest BCUT2D eigenvalue weighted by Gasteiger charge is 2.49. The molecule has 25 heavy (non-hydrogen) atoms. The van der Waals surface area contributed by atoms with Gasteiger partial charge in [0.05, 0.1) is 0 Å². The fraction of sp³-hybridized carbons (Fsp3) is 0.857. The predicted molar refractivity (Wildman–Crippen MR) is 85.0 cm³/mol. The molecule has 0 heterocycles. The Bertz CT molecular complexity index is 524. The zero-order chi connectivity index (χ0) is 19.7. The molecule has 0 saturated heterocycles. The Labute approximate surface area is 148 Å². The lowest BCUT2D eigenvalue weighted by molar-refractivity contribution is -0.0524. The van der Waals surface area contributed by atoms with Crippen molar-refractivity contribution in [2.75, 3.05) is 0 Å². The van der Waals surface area contributed by atoms with Crippen molar-refractivity contribution in [1.82, 2.24) is 0 Å². The molecule has 0 atom stereocenters. The maximum atomic E-state index is 12.7. The highest BCUT2D eigenvalue weighted by molar-refractivity contribution is 8.03. The summed E-state index contributed by atoms with van der Waals surface area (Å²) >= 11 is -0.607. The van der Waals surface area contributed by atoms with Gasteiger partial charge in [-0.05, 0) is 31.0 Å². The lowest BCUT2D eigenvalue weighted by Gasteiger charge is -2.18. The zero-order valence-corrected chi connectivity index (χ0v) is 15.6. The van der Waals surface area contributed by atoms with Crippen molar-refractivity contribution in [2.45, 2.75) is 76.2 Å². The molecule has 0 fully saturated rings. The maximum Gasteiger partial charge on any atom is 0.534 e. The second-order valence-electron chi connectivity index (χ2n) is 5.29. The van der Waals surface area contributed by atoms with Crippen LogP contribution in [0.2, 0.25) is 0 Å². The molecule has 0 spiro atoms. The number of unbranched alkanes of at least 4 members (excludes halogenated alkanes) is 4. The maximum absolute atomic E-state index is 12.7. The van der Waals surface area contributed by atoms with Crippen LogP contribution in [-0.2, 0) is 14.3 Å². The number of halogens is 6. The second-order valence-corrected chi connectivity index (χ2v) is 7.99. The van der Waals surface area contributed by atoms with Crippen molar-refractivity contribution in [3.63, 3.8) is 0 Å². The molecule has 0 saturated carbocycles. The molecule has 0 bridgehead atoms. The molecular weight excluding hydrogens is 394 g/mol.